The van der Waals surface area contributed by atoms with E-state index in [1.165, 1.54) is 0 Å². The van der Waals surface area contributed by atoms with E-state index >= 15 is 0 Å². The van der Waals surface area contributed by atoms with Crippen LogP contribution in [0.25, 0.3) is 0 Å². The van der Waals surface area contributed by atoms with Crippen LogP contribution in [-0.4, -0.2) is 171 Å². The molecule has 0 aromatic rings. The summed E-state index contributed by atoms with van der Waals surface area (Å²) in [5.74, 6) is 0. The summed E-state index contributed by atoms with van der Waals surface area (Å²) in [4.78, 5) is 19.6. The van der Waals surface area contributed by atoms with Crippen LogP contribution < -0.4 is 22.9 Å². The molecule has 0 saturated carbocycles. The minimum Gasteiger partial charge on any atom is -0.512 e. The number of rotatable bonds is 8. The molecule has 4 rings (SSSR count). The van der Waals surface area contributed by atoms with Crippen LogP contribution in [0.3, 0.4) is 0 Å². The van der Waals surface area contributed by atoms with E-state index in [-0.39, 0.29) is 55.2 Å². The first-order valence-electron chi connectivity index (χ1n) is 14.0. The van der Waals surface area contributed by atoms with Gasteiger partial charge < -0.3 is 118 Å². The fourth-order valence-corrected chi connectivity index (χ4v) is 5.05. The SMILES string of the molecule is NCCN1CN2CCN(C1)CN(CCN)C2.NCCN1CN2CCN(C1)CN(CCN)C2.[C-]#N.[C-]#N.[C-]#N.[C-]#N.[C-]#N.[C-]#N.[C-]#N.[C-]#N.[Cu].[Cu].[W]. The zero-order chi connectivity index (χ0) is 38.8. The van der Waals surface area contributed by atoms with E-state index in [0.29, 0.717) is 0 Å². The van der Waals surface area contributed by atoms with Gasteiger partial charge in [-0.1, -0.05) is 0 Å². The molecule has 4 fully saturated rings. The number of fused-ring (bicyclic) bond motifs is 6. The molecule has 4 aliphatic heterocycles. The maximum absolute atomic E-state index is 6.25. The molecule has 23 heteroatoms. The van der Waals surface area contributed by atoms with Crippen molar-refractivity contribution in [2.24, 2.45) is 22.9 Å². The Balaban J connectivity index is -0.0000000681. The van der Waals surface area contributed by atoms with Crippen molar-refractivity contribution in [3.8, 4) is 0 Å². The summed E-state index contributed by atoms with van der Waals surface area (Å²) in [5, 5.41) is 50.0. The molecule has 0 unspecified atom stereocenters. The molecule has 2 radical (unpaired) electrons. The Kier molecular flexibility index (Phi) is 81.2. The fraction of sp³-hybridized carbons (Fsp3) is 0.714. The van der Waals surface area contributed by atoms with Crippen LogP contribution in [0.15, 0.2) is 0 Å². The van der Waals surface area contributed by atoms with Crippen LogP contribution in [0.5, 0.6) is 0 Å². The molecule has 0 atom stereocenters. The Morgan fingerprint density at radius 1 is 0.314 bits per heavy atom. The first-order valence-corrected chi connectivity index (χ1v) is 14.0. The molecule has 20 nitrogen and oxygen atoms in total. The van der Waals surface area contributed by atoms with Gasteiger partial charge in [-0.25, -0.2) is 0 Å². The largest absolute Gasteiger partial charge is 0.512 e. The third kappa shape index (κ3) is 36.8. The monoisotopic (exact) mass is 974 g/mol. The molecule has 4 aliphatic rings. The number of nitrogens with zero attached hydrogens (tertiary/aromatic N) is 16. The molecule has 0 aromatic carbocycles. The molecule has 0 aliphatic carbocycles. The van der Waals surface area contributed by atoms with Crippen LogP contribution in [0.2, 0.25) is 0 Å². The first kappa shape index (κ1) is 69.9. The van der Waals surface area contributed by atoms with Gasteiger partial charge in [0.1, 0.15) is 0 Å². The van der Waals surface area contributed by atoms with Crippen LogP contribution >= 0.6 is 0 Å². The van der Waals surface area contributed by atoms with E-state index in [9.17, 15) is 0 Å². The molecule has 4 bridgehead atoms. The topological polar surface area (TPSA) is 320 Å². The van der Waals surface area contributed by atoms with E-state index in [1.807, 2.05) is 0 Å². The van der Waals surface area contributed by atoms with Crippen molar-refractivity contribution in [3.63, 3.8) is 0 Å². The molecule has 296 valence electrons. The van der Waals surface area contributed by atoms with Crippen LogP contribution in [0, 0.1) is 94.7 Å². The summed E-state index contributed by atoms with van der Waals surface area (Å²) < 4.78 is 0. The van der Waals surface area contributed by atoms with Crippen LogP contribution in [0.4, 0.5) is 0 Å². The summed E-state index contributed by atoms with van der Waals surface area (Å²) >= 11 is 0. The average Bonchev–Trinajstić information content (AvgIpc) is 3.63. The average molecular weight is 976 g/mol. The van der Waals surface area contributed by atoms with Gasteiger partial charge in [-0.15, -0.1) is 0 Å². The van der Waals surface area contributed by atoms with Gasteiger partial charge in [-0.3, -0.25) is 39.2 Å². The molecule has 0 spiro atoms. The van der Waals surface area contributed by atoms with Crippen molar-refractivity contribution in [1.29, 1.82) is 42.1 Å². The maximum Gasteiger partial charge on any atom is 0.0531 e. The van der Waals surface area contributed by atoms with Crippen molar-refractivity contribution >= 4 is 0 Å². The van der Waals surface area contributed by atoms with Gasteiger partial charge in [0.25, 0.3) is 0 Å². The third-order valence-corrected chi connectivity index (χ3v) is 6.45. The van der Waals surface area contributed by atoms with Crippen molar-refractivity contribution in [2.45, 2.75) is 0 Å². The summed E-state index contributed by atoms with van der Waals surface area (Å²) in [7, 11) is 0. The quantitative estimate of drug-likeness (QED) is 0.137. The van der Waals surface area contributed by atoms with Gasteiger partial charge in [0.05, 0.1) is 53.3 Å². The second kappa shape index (κ2) is 59.3. The molecule has 0 aromatic heterocycles. The van der Waals surface area contributed by atoms with E-state index in [4.69, 9.17) is 118 Å². The Labute approximate surface area is 342 Å². The minimum absolute atomic E-state index is 0. The van der Waals surface area contributed by atoms with Gasteiger partial charge in [0.2, 0.25) is 0 Å². The predicted octanol–water partition coefficient (Wildman–Crippen LogP) is -3.30. The number of hydrogen-bond donors (Lipinski definition) is 4. The zero-order valence-corrected chi connectivity index (χ0v) is 33.4. The van der Waals surface area contributed by atoms with E-state index in [2.05, 4.69) is 39.2 Å². The Bertz CT molecular complexity index is 672. The summed E-state index contributed by atoms with van der Waals surface area (Å²) in [6.07, 6.45) is 0. The van der Waals surface area contributed by atoms with Gasteiger partial charge in [-0.2, -0.15) is 0 Å². The maximum atomic E-state index is 6.25. The summed E-state index contributed by atoms with van der Waals surface area (Å²) in [5.41, 5.74) is 22.5. The zero-order valence-electron chi connectivity index (χ0n) is 28.6. The van der Waals surface area contributed by atoms with Gasteiger partial charge in [0, 0.05) is 134 Å². The molecule has 51 heavy (non-hydrogen) atoms. The van der Waals surface area contributed by atoms with Gasteiger partial charge in [-0.05, 0) is 0 Å². The van der Waals surface area contributed by atoms with E-state index < -0.39 is 0 Å². The molecular formula is C28H48Cu2N20W-8. The normalized spacial score (nSPS) is 20.8. The van der Waals surface area contributed by atoms with Crippen LogP contribution in [0.1, 0.15) is 0 Å². The fourth-order valence-electron chi connectivity index (χ4n) is 5.05. The van der Waals surface area contributed by atoms with Gasteiger partial charge >= 0.3 is 0 Å². The second-order valence-electron chi connectivity index (χ2n) is 9.44. The molecule has 4 saturated heterocycles. The Hall–Kier alpha value is -2.83. The Morgan fingerprint density at radius 2 is 0.431 bits per heavy atom. The smallest absolute Gasteiger partial charge is 0.0531 e. The van der Waals surface area contributed by atoms with Crippen molar-refractivity contribution in [3.05, 3.63) is 52.6 Å². The molecule has 0 amide bonds. The van der Waals surface area contributed by atoms with Crippen LogP contribution in [-0.2, 0) is 55.2 Å². The third-order valence-electron chi connectivity index (χ3n) is 6.45. The van der Waals surface area contributed by atoms with Crippen molar-refractivity contribution < 1.29 is 55.2 Å². The first-order chi connectivity index (χ1) is 23.6. The van der Waals surface area contributed by atoms with E-state index in [1.54, 1.807) is 0 Å². The van der Waals surface area contributed by atoms with Gasteiger partial charge in [0.15, 0.2) is 0 Å². The Morgan fingerprint density at radius 3 is 0.529 bits per heavy atom. The van der Waals surface area contributed by atoms with Crippen molar-refractivity contribution in [1.82, 2.24) is 39.2 Å². The summed E-state index contributed by atoms with van der Waals surface area (Å²) in [6.45, 7) is 57.8. The summed E-state index contributed by atoms with van der Waals surface area (Å²) in [6, 6.07) is 0. The number of hydrogen-bond acceptors (Lipinski definition) is 20. The van der Waals surface area contributed by atoms with Crippen molar-refractivity contribution in [2.75, 3.05) is 132 Å². The molecular weight excluding hydrogens is 927 g/mol. The molecule has 8 N–H and O–H groups in total. The predicted molar refractivity (Wildman–Crippen MR) is 169 cm³/mol. The van der Waals surface area contributed by atoms with E-state index in [0.717, 1.165) is 132 Å². The molecule has 4 heterocycles. The standard InChI is InChI=1S/2C10H24N6.8CN.2Cu.W/c2*11-1-3-13-7-15-5-6-16(8-13)10-14(9-15)4-2-12;8*1-2;;;/h2*1-12H2;;;;;;;;;;;/q;;8*-1;;;. The second-order valence-corrected chi connectivity index (χ2v) is 9.44. The number of nitrogens with two attached hydrogens (primary N) is 4. The minimum atomic E-state index is 0.